The first kappa shape index (κ1) is 15.2. The molecule has 0 bridgehead atoms. The van der Waals surface area contributed by atoms with Crippen molar-refractivity contribution in [3.63, 3.8) is 0 Å². The first-order valence-electron chi connectivity index (χ1n) is 6.03. The fraction of sp³-hybridized carbons (Fsp3) is 0.214. The molecule has 1 atom stereocenters. The van der Waals surface area contributed by atoms with Gasteiger partial charge in [-0.15, -0.1) is 11.3 Å². The van der Waals surface area contributed by atoms with Crippen molar-refractivity contribution in [1.82, 2.24) is 5.32 Å². The molecule has 1 heterocycles. The Hall–Kier alpha value is -1.23. The Morgan fingerprint density at radius 1 is 1.30 bits per heavy atom. The van der Waals surface area contributed by atoms with Crippen LogP contribution in [-0.2, 0) is 0 Å². The topological polar surface area (TPSA) is 41.1 Å². The smallest absolute Gasteiger partial charge is 0.252 e. The number of amides is 1. The molecule has 1 amide bonds. The highest BCUT2D eigenvalue weighted by Crippen LogP contribution is 2.28. The lowest BCUT2D eigenvalue weighted by atomic mass is 10.1. The average Bonchev–Trinajstić information content (AvgIpc) is 2.87. The normalized spacial score (nSPS) is 12.0. The van der Waals surface area contributed by atoms with Crippen molar-refractivity contribution < 1.29 is 4.79 Å². The maximum atomic E-state index is 11.7. The molecule has 0 aliphatic rings. The Morgan fingerprint density at radius 3 is 2.65 bits per heavy atom. The van der Waals surface area contributed by atoms with Gasteiger partial charge >= 0.3 is 0 Å². The largest absolute Gasteiger partial charge is 0.378 e. The monoisotopic (exact) mass is 328 g/mol. The number of hydrogen-bond acceptors (Lipinski definition) is 3. The molecule has 106 valence electrons. The minimum Gasteiger partial charge on any atom is -0.378 e. The van der Waals surface area contributed by atoms with Crippen LogP contribution in [0, 0.1) is 0 Å². The molecule has 0 aliphatic heterocycles. The van der Waals surface area contributed by atoms with Gasteiger partial charge in [0.15, 0.2) is 0 Å². The van der Waals surface area contributed by atoms with Crippen LogP contribution in [0.4, 0.5) is 5.69 Å². The maximum Gasteiger partial charge on any atom is 0.252 e. The van der Waals surface area contributed by atoms with Crippen LogP contribution < -0.4 is 10.6 Å². The van der Waals surface area contributed by atoms with Gasteiger partial charge in [0.1, 0.15) is 0 Å². The molecule has 3 nitrogen and oxygen atoms in total. The van der Waals surface area contributed by atoms with Crippen LogP contribution in [0.5, 0.6) is 0 Å². The summed E-state index contributed by atoms with van der Waals surface area (Å²) in [7, 11) is 1.58. The first-order valence-corrected chi connectivity index (χ1v) is 7.67. The number of carbonyl (C=O) groups excluding carboxylic acids is 1. The van der Waals surface area contributed by atoms with Gasteiger partial charge in [-0.05, 0) is 42.1 Å². The Balaban J connectivity index is 2.19. The molecule has 1 unspecified atom stereocenters. The third kappa shape index (κ3) is 3.45. The van der Waals surface area contributed by atoms with Crippen molar-refractivity contribution in [3.05, 3.63) is 50.1 Å². The number of carbonyl (C=O) groups is 1. The third-order valence-electron chi connectivity index (χ3n) is 2.91. The van der Waals surface area contributed by atoms with E-state index < -0.39 is 0 Å². The van der Waals surface area contributed by atoms with Crippen molar-refractivity contribution in [2.45, 2.75) is 13.0 Å². The second-order valence-electron chi connectivity index (χ2n) is 4.32. The quantitative estimate of drug-likeness (QED) is 0.861. The van der Waals surface area contributed by atoms with Gasteiger partial charge in [-0.1, -0.05) is 23.2 Å². The summed E-state index contributed by atoms with van der Waals surface area (Å²) in [5.74, 6) is -0.204. The van der Waals surface area contributed by atoms with Crippen molar-refractivity contribution in [1.29, 1.82) is 0 Å². The zero-order chi connectivity index (χ0) is 14.7. The van der Waals surface area contributed by atoms with Gasteiger partial charge in [0.05, 0.1) is 14.9 Å². The van der Waals surface area contributed by atoms with Crippen LogP contribution in [0.2, 0.25) is 9.36 Å². The fourth-order valence-electron chi connectivity index (χ4n) is 1.81. The van der Waals surface area contributed by atoms with Crippen LogP contribution in [-0.4, -0.2) is 13.0 Å². The molecule has 2 rings (SSSR count). The van der Waals surface area contributed by atoms with E-state index in [1.165, 1.54) is 11.3 Å². The summed E-state index contributed by atoms with van der Waals surface area (Å²) in [6.45, 7) is 2.03. The minimum atomic E-state index is -0.204. The third-order valence-corrected chi connectivity index (χ3v) is 4.35. The number of thiophene rings is 1. The predicted octanol–water partition coefficient (Wildman–Crippen LogP) is 4.59. The van der Waals surface area contributed by atoms with E-state index in [9.17, 15) is 4.79 Å². The van der Waals surface area contributed by atoms with Crippen molar-refractivity contribution in [2.24, 2.45) is 0 Å². The highest BCUT2D eigenvalue weighted by molar-refractivity contribution is 7.14. The van der Waals surface area contributed by atoms with E-state index >= 15 is 0 Å². The number of nitrogens with one attached hydrogen (secondary N) is 2. The number of hydrogen-bond donors (Lipinski definition) is 2. The Labute approximate surface area is 131 Å². The molecule has 1 aromatic carbocycles. The lowest BCUT2D eigenvalue weighted by Crippen LogP contribution is -2.18. The summed E-state index contributed by atoms with van der Waals surface area (Å²) in [5, 5.41) is 8.34. The molecule has 1 aromatic heterocycles. The Bertz CT molecular complexity index is 627. The SMILES string of the molecule is CNC(=O)c1cc(NC(C)c2csc(Cl)c2)ccc1Cl. The van der Waals surface area contributed by atoms with Gasteiger partial charge < -0.3 is 10.6 Å². The van der Waals surface area contributed by atoms with Gasteiger partial charge in [-0.2, -0.15) is 0 Å². The molecule has 6 heteroatoms. The van der Waals surface area contributed by atoms with E-state index in [-0.39, 0.29) is 11.9 Å². The van der Waals surface area contributed by atoms with E-state index in [1.54, 1.807) is 19.2 Å². The summed E-state index contributed by atoms with van der Waals surface area (Å²) < 4.78 is 0.760. The van der Waals surface area contributed by atoms with E-state index in [4.69, 9.17) is 23.2 Å². The van der Waals surface area contributed by atoms with Crippen LogP contribution in [0.3, 0.4) is 0 Å². The molecular weight excluding hydrogens is 315 g/mol. The van der Waals surface area contributed by atoms with Gasteiger partial charge in [-0.25, -0.2) is 0 Å². The van der Waals surface area contributed by atoms with Gasteiger partial charge in [0.25, 0.3) is 5.91 Å². The van der Waals surface area contributed by atoms with Crippen LogP contribution in [0.1, 0.15) is 28.9 Å². The standard InChI is InChI=1S/C14H14Cl2N2OS/c1-8(9-5-13(16)20-7-9)18-10-3-4-12(15)11(6-10)14(19)17-2/h3-8,18H,1-2H3,(H,17,19). The molecular formula is C14H14Cl2N2OS. The number of halogens is 2. The Kier molecular flexibility index (Phi) is 4.91. The Morgan fingerprint density at radius 2 is 2.05 bits per heavy atom. The summed E-state index contributed by atoms with van der Waals surface area (Å²) >= 11 is 13.5. The average molecular weight is 329 g/mol. The lowest BCUT2D eigenvalue weighted by molar-refractivity contribution is 0.0963. The second kappa shape index (κ2) is 6.48. The molecule has 20 heavy (non-hydrogen) atoms. The van der Waals surface area contributed by atoms with Crippen molar-refractivity contribution in [3.8, 4) is 0 Å². The van der Waals surface area contributed by atoms with Gasteiger partial charge in [0, 0.05) is 18.8 Å². The molecule has 2 N–H and O–H groups in total. The summed E-state index contributed by atoms with van der Waals surface area (Å²) in [4.78, 5) is 11.7. The summed E-state index contributed by atoms with van der Waals surface area (Å²) in [6.07, 6.45) is 0. The first-order chi connectivity index (χ1) is 9.51. The summed E-state index contributed by atoms with van der Waals surface area (Å²) in [6, 6.07) is 7.32. The van der Waals surface area contributed by atoms with E-state index in [1.807, 2.05) is 24.4 Å². The van der Waals surface area contributed by atoms with Crippen LogP contribution in [0.25, 0.3) is 0 Å². The predicted molar refractivity (Wildman–Crippen MR) is 86.2 cm³/mol. The molecule has 0 saturated carbocycles. The molecule has 0 radical (unpaired) electrons. The van der Waals surface area contributed by atoms with Crippen molar-refractivity contribution >= 4 is 46.1 Å². The zero-order valence-corrected chi connectivity index (χ0v) is 13.4. The van der Waals surface area contributed by atoms with E-state index in [0.717, 1.165) is 15.6 Å². The van der Waals surface area contributed by atoms with Gasteiger partial charge in [-0.3, -0.25) is 4.79 Å². The molecule has 2 aromatic rings. The molecule has 0 fully saturated rings. The minimum absolute atomic E-state index is 0.0949. The molecule has 0 aliphatic carbocycles. The number of rotatable bonds is 4. The highest BCUT2D eigenvalue weighted by Gasteiger charge is 2.12. The van der Waals surface area contributed by atoms with Crippen LogP contribution in [0.15, 0.2) is 29.6 Å². The number of anilines is 1. The van der Waals surface area contributed by atoms with Gasteiger partial charge in [0.2, 0.25) is 0 Å². The summed E-state index contributed by atoms with van der Waals surface area (Å²) in [5.41, 5.74) is 2.40. The fourth-order valence-corrected chi connectivity index (χ4v) is 3.00. The zero-order valence-electron chi connectivity index (χ0n) is 11.0. The number of benzene rings is 1. The maximum absolute atomic E-state index is 11.7. The lowest BCUT2D eigenvalue weighted by Gasteiger charge is -2.15. The molecule has 0 saturated heterocycles. The van der Waals surface area contributed by atoms with E-state index in [2.05, 4.69) is 10.6 Å². The highest BCUT2D eigenvalue weighted by atomic mass is 35.5. The van der Waals surface area contributed by atoms with Crippen molar-refractivity contribution in [2.75, 3.05) is 12.4 Å². The van der Waals surface area contributed by atoms with Crippen LogP contribution >= 0.6 is 34.5 Å². The second-order valence-corrected chi connectivity index (χ2v) is 6.27. The molecule has 0 spiro atoms. The van der Waals surface area contributed by atoms with E-state index in [0.29, 0.717) is 10.6 Å².